The quantitative estimate of drug-likeness (QED) is 0.725. The summed E-state index contributed by atoms with van der Waals surface area (Å²) >= 11 is 0. The van der Waals surface area contributed by atoms with Gasteiger partial charge in [-0.2, -0.15) is 0 Å². The van der Waals surface area contributed by atoms with Crippen molar-refractivity contribution in [1.82, 2.24) is 5.32 Å². The standard InChI is InChI=1S/C14H18N2O3/c17-13(16-11-4-2-1-3-5-11)6-7-15-12-8-10(9-12)14(18)19/h1-5,10,12,15H,6-9H2,(H,16,17)(H,18,19). The number of nitrogens with one attached hydrogen (secondary N) is 2. The van der Waals surface area contributed by atoms with Crippen LogP contribution in [0.15, 0.2) is 30.3 Å². The number of carboxylic acid groups (broad SMARTS) is 1. The lowest BCUT2D eigenvalue weighted by Gasteiger charge is -2.32. The molecule has 5 nitrogen and oxygen atoms in total. The van der Waals surface area contributed by atoms with E-state index in [0.29, 0.717) is 25.8 Å². The number of aliphatic carboxylic acids is 1. The molecule has 1 aromatic carbocycles. The highest BCUT2D eigenvalue weighted by atomic mass is 16.4. The minimum atomic E-state index is -0.722. The zero-order chi connectivity index (χ0) is 13.7. The number of rotatable bonds is 6. The highest BCUT2D eigenvalue weighted by Crippen LogP contribution is 2.27. The number of benzene rings is 1. The van der Waals surface area contributed by atoms with Crippen molar-refractivity contribution in [1.29, 1.82) is 0 Å². The van der Waals surface area contributed by atoms with Crippen LogP contribution in [0.4, 0.5) is 5.69 Å². The average molecular weight is 262 g/mol. The van der Waals surface area contributed by atoms with Gasteiger partial charge in [0.1, 0.15) is 0 Å². The summed E-state index contributed by atoms with van der Waals surface area (Å²) in [6.45, 7) is 0.579. The number of anilines is 1. The monoisotopic (exact) mass is 262 g/mol. The number of hydrogen-bond donors (Lipinski definition) is 3. The van der Waals surface area contributed by atoms with E-state index in [1.807, 2.05) is 30.3 Å². The summed E-state index contributed by atoms with van der Waals surface area (Å²) in [5.41, 5.74) is 0.794. The van der Waals surface area contributed by atoms with E-state index >= 15 is 0 Å². The van der Waals surface area contributed by atoms with E-state index < -0.39 is 5.97 Å². The van der Waals surface area contributed by atoms with Crippen LogP contribution in [-0.4, -0.2) is 29.6 Å². The molecular formula is C14H18N2O3. The molecule has 0 aliphatic heterocycles. The van der Waals surface area contributed by atoms with E-state index in [9.17, 15) is 9.59 Å². The van der Waals surface area contributed by atoms with Crippen molar-refractivity contribution in [2.75, 3.05) is 11.9 Å². The van der Waals surface area contributed by atoms with Gasteiger partial charge in [-0.25, -0.2) is 0 Å². The van der Waals surface area contributed by atoms with Crippen LogP contribution < -0.4 is 10.6 Å². The lowest BCUT2D eigenvalue weighted by molar-refractivity contribution is -0.145. The molecule has 5 heteroatoms. The van der Waals surface area contributed by atoms with Gasteiger partial charge >= 0.3 is 5.97 Å². The highest BCUT2D eigenvalue weighted by molar-refractivity contribution is 5.90. The third-order valence-electron chi connectivity index (χ3n) is 3.33. The predicted molar refractivity (Wildman–Crippen MR) is 71.8 cm³/mol. The van der Waals surface area contributed by atoms with Crippen LogP contribution in [0, 0.1) is 5.92 Å². The maximum absolute atomic E-state index is 11.6. The van der Waals surface area contributed by atoms with Gasteiger partial charge < -0.3 is 15.7 Å². The van der Waals surface area contributed by atoms with Crippen molar-refractivity contribution in [2.24, 2.45) is 5.92 Å². The minimum Gasteiger partial charge on any atom is -0.481 e. The molecule has 0 atom stereocenters. The molecule has 0 radical (unpaired) electrons. The van der Waals surface area contributed by atoms with Crippen molar-refractivity contribution in [2.45, 2.75) is 25.3 Å². The molecule has 0 bridgehead atoms. The van der Waals surface area contributed by atoms with E-state index in [1.54, 1.807) is 0 Å². The van der Waals surface area contributed by atoms with Gasteiger partial charge in [0, 0.05) is 24.7 Å². The average Bonchev–Trinajstić information content (AvgIpc) is 2.32. The van der Waals surface area contributed by atoms with Crippen molar-refractivity contribution >= 4 is 17.6 Å². The summed E-state index contributed by atoms with van der Waals surface area (Å²) in [7, 11) is 0. The molecular weight excluding hydrogens is 244 g/mol. The molecule has 0 aromatic heterocycles. The van der Waals surface area contributed by atoms with Gasteiger partial charge in [-0.15, -0.1) is 0 Å². The van der Waals surface area contributed by atoms with Crippen LogP contribution in [0.5, 0.6) is 0 Å². The molecule has 1 fully saturated rings. The predicted octanol–water partition coefficient (Wildman–Crippen LogP) is 1.47. The van der Waals surface area contributed by atoms with Gasteiger partial charge in [0.2, 0.25) is 5.91 Å². The molecule has 3 N–H and O–H groups in total. The van der Waals surface area contributed by atoms with Crippen molar-refractivity contribution < 1.29 is 14.7 Å². The Labute approximate surface area is 112 Å². The third-order valence-corrected chi connectivity index (χ3v) is 3.33. The van der Waals surface area contributed by atoms with E-state index in [2.05, 4.69) is 10.6 Å². The first-order valence-corrected chi connectivity index (χ1v) is 6.46. The molecule has 1 saturated carbocycles. The normalized spacial score (nSPS) is 21.5. The first kappa shape index (κ1) is 13.5. The molecule has 1 aliphatic carbocycles. The Bertz CT molecular complexity index is 441. The molecule has 0 saturated heterocycles. The lowest BCUT2D eigenvalue weighted by Crippen LogP contribution is -2.44. The maximum Gasteiger partial charge on any atom is 0.306 e. The molecule has 1 aliphatic rings. The Morgan fingerprint density at radius 2 is 1.89 bits per heavy atom. The Morgan fingerprint density at radius 3 is 2.53 bits per heavy atom. The molecule has 1 amide bonds. The van der Waals surface area contributed by atoms with Gasteiger partial charge in [0.15, 0.2) is 0 Å². The molecule has 0 spiro atoms. The second kappa shape index (κ2) is 6.33. The van der Waals surface area contributed by atoms with E-state index in [0.717, 1.165) is 5.69 Å². The highest BCUT2D eigenvalue weighted by Gasteiger charge is 2.33. The number of carbonyl (C=O) groups is 2. The third kappa shape index (κ3) is 4.06. The Morgan fingerprint density at radius 1 is 1.21 bits per heavy atom. The van der Waals surface area contributed by atoms with Gasteiger partial charge in [0.05, 0.1) is 5.92 Å². The van der Waals surface area contributed by atoms with Crippen molar-refractivity contribution in [3.05, 3.63) is 30.3 Å². The number of hydrogen-bond acceptors (Lipinski definition) is 3. The van der Waals surface area contributed by atoms with Crippen LogP contribution in [0.25, 0.3) is 0 Å². The van der Waals surface area contributed by atoms with Crippen LogP contribution in [0.3, 0.4) is 0 Å². The minimum absolute atomic E-state index is 0.0344. The molecule has 102 valence electrons. The summed E-state index contributed by atoms with van der Waals surface area (Å²) in [4.78, 5) is 22.2. The molecule has 0 unspecified atom stereocenters. The van der Waals surface area contributed by atoms with Gasteiger partial charge in [-0.1, -0.05) is 18.2 Å². The molecule has 19 heavy (non-hydrogen) atoms. The van der Waals surface area contributed by atoms with E-state index in [4.69, 9.17) is 5.11 Å². The zero-order valence-corrected chi connectivity index (χ0v) is 10.6. The lowest BCUT2D eigenvalue weighted by atomic mass is 9.80. The Hall–Kier alpha value is -1.88. The molecule has 2 rings (SSSR count). The largest absolute Gasteiger partial charge is 0.481 e. The number of para-hydroxylation sites is 1. The fourth-order valence-corrected chi connectivity index (χ4v) is 2.12. The van der Waals surface area contributed by atoms with Gasteiger partial charge in [-0.05, 0) is 25.0 Å². The zero-order valence-electron chi connectivity index (χ0n) is 10.6. The fraction of sp³-hybridized carbons (Fsp3) is 0.429. The number of amides is 1. The first-order chi connectivity index (χ1) is 9.15. The van der Waals surface area contributed by atoms with Crippen LogP contribution in [0.2, 0.25) is 0 Å². The maximum atomic E-state index is 11.6. The van der Waals surface area contributed by atoms with Crippen LogP contribution in [0.1, 0.15) is 19.3 Å². The number of carbonyl (C=O) groups excluding carboxylic acids is 1. The Balaban J connectivity index is 1.59. The summed E-state index contributed by atoms with van der Waals surface area (Å²) < 4.78 is 0. The SMILES string of the molecule is O=C(CCNC1CC(C(=O)O)C1)Nc1ccccc1. The summed E-state index contributed by atoms with van der Waals surface area (Å²) in [5, 5.41) is 14.7. The molecule has 0 heterocycles. The van der Waals surface area contributed by atoms with E-state index in [1.165, 1.54) is 0 Å². The summed E-state index contributed by atoms with van der Waals surface area (Å²) in [5.74, 6) is -0.969. The Kier molecular flexibility index (Phi) is 4.52. The fourth-order valence-electron chi connectivity index (χ4n) is 2.12. The smallest absolute Gasteiger partial charge is 0.306 e. The van der Waals surface area contributed by atoms with Crippen molar-refractivity contribution in [3.8, 4) is 0 Å². The second-order valence-corrected chi connectivity index (χ2v) is 4.82. The number of carboxylic acids is 1. The van der Waals surface area contributed by atoms with Gasteiger partial charge in [0.25, 0.3) is 0 Å². The topological polar surface area (TPSA) is 78.4 Å². The van der Waals surface area contributed by atoms with Crippen LogP contribution in [-0.2, 0) is 9.59 Å². The first-order valence-electron chi connectivity index (χ1n) is 6.46. The summed E-state index contributed by atoms with van der Waals surface area (Å²) in [6.07, 6.45) is 1.72. The van der Waals surface area contributed by atoms with Crippen LogP contribution >= 0.6 is 0 Å². The van der Waals surface area contributed by atoms with E-state index in [-0.39, 0.29) is 17.9 Å². The van der Waals surface area contributed by atoms with Crippen molar-refractivity contribution in [3.63, 3.8) is 0 Å². The summed E-state index contributed by atoms with van der Waals surface area (Å²) in [6, 6.07) is 9.56. The second-order valence-electron chi connectivity index (χ2n) is 4.82. The van der Waals surface area contributed by atoms with Gasteiger partial charge in [-0.3, -0.25) is 9.59 Å². The molecule has 1 aromatic rings.